The van der Waals surface area contributed by atoms with Crippen molar-refractivity contribution in [3.8, 4) is 0 Å². The van der Waals surface area contributed by atoms with E-state index in [0.29, 0.717) is 12.1 Å². The lowest BCUT2D eigenvalue weighted by atomic mass is 9.77. The number of rotatable bonds is 3. The van der Waals surface area contributed by atoms with Gasteiger partial charge in [-0.1, -0.05) is 26.7 Å². The average molecular weight is 225 g/mol. The van der Waals surface area contributed by atoms with Crippen molar-refractivity contribution in [3.63, 3.8) is 0 Å². The van der Waals surface area contributed by atoms with Crippen LogP contribution in [0.25, 0.3) is 0 Å². The summed E-state index contributed by atoms with van der Waals surface area (Å²) in [4.78, 5) is 0. The van der Waals surface area contributed by atoms with Crippen LogP contribution in [0.15, 0.2) is 0 Å². The van der Waals surface area contributed by atoms with Gasteiger partial charge in [0, 0.05) is 12.1 Å². The SMILES string of the molecule is CC(C)C1CCCCC1NC1CCCC1O. The first kappa shape index (κ1) is 12.4. The Kier molecular flexibility index (Phi) is 4.26. The summed E-state index contributed by atoms with van der Waals surface area (Å²) in [6, 6.07) is 1.04. The minimum Gasteiger partial charge on any atom is -0.392 e. The number of nitrogens with one attached hydrogen (secondary N) is 1. The summed E-state index contributed by atoms with van der Waals surface area (Å²) in [5.41, 5.74) is 0. The fraction of sp³-hybridized carbons (Fsp3) is 1.00. The van der Waals surface area contributed by atoms with E-state index in [1.807, 2.05) is 0 Å². The molecule has 0 aromatic heterocycles. The Morgan fingerprint density at radius 2 is 1.62 bits per heavy atom. The van der Waals surface area contributed by atoms with Crippen LogP contribution >= 0.6 is 0 Å². The van der Waals surface area contributed by atoms with Crippen molar-refractivity contribution >= 4 is 0 Å². The molecule has 0 heterocycles. The van der Waals surface area contributed by atoms with E-state index in [1.165, 1.54) is 38.5 Å². The molecule has 2 aliphatic carbocycles. The summed E-state index contributed by atoms with van der Waals surface area (Å²) in [7, 11) is 0. The lowest BCUT2D eigenvalue weighted by Gasteiger charge is -2.37. The molecule has 94 valence electrons. The third-order valence-corrected chi connectivity index (χ3v) is 4.58. The first-order chi connectivity index (χ1) is 7.68. The molecule has 2 saturated carbocycles. The van der Waals surface area contributed by atoms with Gasteiger partial charge in [0.2, 0.25) is 0 Å². The van der Waals surface area contributed by atoms with Gasteiger partial charge >= 0.3 is 0 Å². The zero-order chi connectivity index (χ0) is 11.5. The monoisotopic (exact) mass is 225 g/mol. The van der Waals surface area contributed by atoms with Crippen LogP contribution in [0.4, 0.5) is 0 Å². The summed E-state index contributed by atoms with van der Waals surface area (Å²) in [6.45, 7) is 4.69. The van der Waals surface area contributed by atoms with Gasteiger partial charge in [0.25, 0.3) is 0 Å². The fourth-order valence-corrected chi connectivity index (χ4v) is 3.57. The summed E-state index contributed by atoms with van der Waals surface area (Å²) in [6.07, 6.45) is 8.72. The van der Waals surface area contributed by atoms with Crippen LogP contribution < -0.4 is 5.32 Å². The first-order valence-electron chi connectivity index (χ1n) is 7.12. The highest BCUT2D eigenvalue weighted by atomic mass is 16.3. The number of hydrogen-bond donors (Lipinski definition) is 2. The smallest absolute Gasteiger partial charge is 0.0693 e. The Morgan fingerprint density at radius 1 is 0.938 bits per heavy atom. The predicted molar refractivity (Wildman–Crippen MR) is 67.4 cm³/mol. The molecule has 2 aliphatic rings. The molecule has 0 aliphatic heterocycles. The normalized spacial score (nSPS) is 40.5. The summed E-state index contributed by atoms with van der Waals surface area (Å²) < 4.78 is 0. The molecule has 16 heavy (non-hydrogen) atoms. The molecule has 0 amide bonds. The molecule has 0 radical (unpaired) electrons. The molecule has 0 spiro atoms. The molecule has 4 unspecified atom stereocenters. The Balaban J connectivity index is 1.90. The minimum absolute atomic E-state index is 0.0882. The van der Waals surface area contributed by atoms with Gasteiger partial charge in [0.05, 0.1) is 6.10 Å². The second-order valence-electron chi connectivity index (χ2n) is 6.07. The van der Waals surface area contributed by atoms with E-state index in [0.717, 1.165) is 18.3 Å². The second-order valence-corrected chi connectivity index (χ2v) is 6.07. The molecule has 2 heteroatoms. The van der Waals surface area contributed by atoms with Crippen LogP contribution in [0.3, 0.4) is 0 Å². The highest BCUT2D eigenvalue weighted by Gasteiger charge is 2.32. The van der Waals surface area contributed by atoms with Gasteiger partial charge in [-0.3, -0.25) is 0 Å². The third kappa shape index (κ3) is 2.78. The maximum absolute atomic E-state index is 9.88. The molecule has 2 nitrogen and oxygen atoms in total. The van der Waals surface area contributed by atoms with Crippen LogP contribution in [0.1, 0.15) is 58.8 Å². The second kappa shape index (κ2) is 5.50. The van der Waals surface area contributed by atoms with Gasteiger partial charge < -0.3 is 10.4 Å². The van der Waals surface area contributed by atoms with Gasteiger partial charge in [0.1, 0.15) is 0 Å². The summed E-state index contributed by atoms with van der Waals surface area (Å²) in [5.74, 6) is 1.60. The molecule has 2 rings (SSSR count). The quantitative estimate of drug-likeness (QED) is 0.774. The first-order valence-corrected chi connectivity index (χ1v) is 7.12. The van der Waals surface area contributed by atoms with Crippen LogP contribution in [0.5, 0.6) is 0 Å². The topological polar surface area (TPSA) is 32.3 Å². The van der Waals surface area contributed by atoms with Crippen LogP contribution in [-0.2, 0) is 0 Å². The maximum Gasteiger partial charge on any atom is 0.0693 e. The minimum atomic E-state index is -0.0882. The fourth-order valence-electron chi connectivity index (χ4n) is 3.57. The van der Waals surface area contributed by atoms with Crippen LogP contribution in [0, 0.1) is 11.8 Å². The van der Waals surface area contributed by atoms with Gasteiger partial charge in [-0.2, -0.15) is 0 Å². The van der Waals surface area contributed by atoms with Crippen molar-refractivity contribution in [3.05, 3.63) is 0 Å². The molecule has 0 aromatic carbocycles. The number of aliphatic hydroxyl groups excluding tert-OH is 1. The lowest BCUT2D eigenvalue weighted by molar-refractivity contribution is 0.118. The highest BCUT2D eigenvalue weighted by molar-refractivity contribution is 4.90. The Bertz CT molecular complexity index is 217. The molecule has 2 fully saturated rings. The van der Waals surface area contributed by atoms with Crippen molar-refractivity contribution in [1.82, 2.24) is 5.32 Å². The zero-order valence-electron chi connectivity index (χ0n) is 10.8. The van der Waals surface area contributed by atoms with E-state index in [1.54, 1.807) is 0 Å². The summed E-state index contributed by atoms with van der Waals surface area (Å²) in [5, 5.41) is 13.6. The Morgan fingerprint density at radius 3 is 2.25 bits per heavy atom. The van der Waals surface area contributed by atoms with Gasteiger partial charge in [-0.25, -0.2) is 0 Å². The van der Waals surface area contributed by atoms with Crippen LogP contribution in [-0.4, -0.2) is 23.3 Å². The maximum atomic E-state index is 9.88. The van der Waals surface area contributed by atoms with E-state index in [-0.39, 0.29) is 6.10 Å². The highest BCUT2D eigenvalue weighted by Crippen LogP contribution is 2.31. The van der Waals surface area contributed by atoms with E-state index in [4.69, 9.17) is 0 Å². The van der Waals surface area contributed by atoms with Gasteiger partial charge in [0.15, 0.2) is 0 Å². The lowest BCUT2D eigenvalue weighted by Crippen LogP contribution is -2.48. The Hall–Kier alpha value is -0.0800. The predicted octanol–water partition coefficient (Wildman–Crippen LogP) is 2.70. The number of hydrogen-bond acceptors (Lipinski definition) is 2. The molecule has 4 atom stereocenters. The average Bonchev–Trinajstić information content (AvgIpc) is 2.65. The standard InChI is InChI=1S/C14H27NO/c1-10(2)11-6-3-4-7-12(11)15-13-8-5-9-14(13)16/h10-16H,3-9H2,1-2H3. The molecular formula is C14H27NO. The molecule has 0 saturated heterocycles. The van der Waals surface area contributed by atoms with Crippen molar-refractivity contribution in [2.45, 2.75) is 77.0 Å². The van der Waals surface area contributed by atoms with E-state index in [2.05, 4.69) is 19.2 Å². The van der Waals surface area contributed by atoms with Crippen molar-refractivity contribution in [1.29, 1.82) is 0 Å². The van der Waals surface area contributed by atoms with Crippen molar-refractivity contribution in [2.24, 2.45) is 11.8 Å². The van der Waals surface area contributed by atoms with Crippen molar-refractivity contribution < 1.29 is 5.11 Å². The van der Waals surface area contributed by atoms with E-state index >= 15 is 0 Å². The van der Waals surface area contributed by atoms with Crippen LogP contribution in [0.2, 0.25) is 0 Å². The largest absolute Gasteiger partial charge is 0.392 e. The molecule has 0 bridgehead atoms. The molecular weight excluding hydrogens is 198 g/mol. The van der Waals surface area contributed by atoms with E-state index < -0.39 is 0 Å². The third-order valence-electron chi connectivity index (χ3n) is 4.58. The Labute approximate surface area is 99.8 Å². The van der Waals surface area contributed by atoms with Gasteiger partial charge in [-0.05, 0) is 43.9 Å². The van der Waals surface area contributed by atoms with E-state index in [9.17, 15) is 5.11 Å². The zero-order valence-corrected chi connectivity index (χ0v) is 10.8. The molecule has 2 N–H and O–H groups in total. The summed E-state index contributed by atoms with van der Waals surface area (Å²) >= 11 is 0. The van der Waals surface area contributed by atoms with Gasteiger partial charge in [-0.15, -0.1) is 0 Å². The molecule has 0 aromatic rings. The number of aliphatic hydroxyl groups is 1. The van der Waals surface area contributed by atoms with Crippen molar-refractivity contribution in [2.75, 3.05) is 0 Å².